The van der Waals surface area contributed by atoms with Crippen molar-refractivity contribution < 1.29 is 22.7 Å². The lowest BCUT2D eigenvalue weighted by atomic mass is 10.2. The van der Waals surface area contributed by atoms with E-state index in [2.05, 4.69) is 10.5 Å². The predicted molar refractivity (Wildman–Crippen MR) is 166 cm³/mol. The van der Waals surface area contributed by atoms with Gasteiger partial charge in [0.2, 0.25) is 0 Å². The Balaban J connectivity index is 1.63. The number of carbonyl (C=O) groups excluding carboxylic acids is 1. The van der Waals surface area contributed by atoms with Crippen LogP contribution in [0.4, 0.5) is 5.69 Å². The van der Waals surface area contributed by atoms with Gasteiger partial charge >= 0.3 is 0 Å². The van der Waals surface area contributed by atoms with E-state index >= 15 is 0 Å². The highest BCUT2D eigenvalue weighted by Crippen LogP contribution is 2.36. The van der Waals surface area contributed by atoms with Crippen molar-refractivity contribution >= 4 is 51.0 Å². The number of hydrogen-bond donors (Lipinski definition) is 1. The van der Waals surface area contributed by atoms with E-state index < -0.39 is 22.5 Å². The number of halogens is 2. The highest BCUT2D eigenvalue weighted by atomic mass is 35.5. The zero-order valence-electron chi connectivity index (χ0n) is 23.7. The number of ether oxygens (including phenoxy) is 2. The fourth-order valence-electron chi connectivity index (χ4n) is 4.42. The van der Waals surface area contributed by atoms with Crippen LogP contribution in [0, 0.1) is 20.8 Å². The molecule has 0 saturated heterocycles. The molecule has 1 heterocycles. The molecule has 1 aromatic heterocycles. The molecular weight excluding hydrogens is 599 g/mol. The van der Waals surface area contributed by atoms with Crippen LogP contribution < -0.4 is 19.2 Å². The second kappa shape index (κ2) is 12.9. The van der Waals surface area contributed by atoms with Gasteiger partial charge in [0.1, 0.15) is 18.0 Å². The monoisotopic (exact) mass is 628 g/mol. The Morgan fingerprint density at radius 3 is 2.38 bits per heavy atom. The molecule has 0 unspecified atom stereocenters. The summed E-state index contributed by atoms with van der Waals surface area (Å²) in [5.41, 5.74) is 6.61. The minimum Gasteiger partial charge on any atom is -0.497 e. The zero-order chi connectivity index (χ0) is 30.6. The molecule has 12 heteroatoms. The van der Waals surface area contributed by atoms with Gasteiger partial charge in [-0.2, -0.15) is 5.10 Å². The molecular formula is C30H30Cl2N4O5S. The topological polar surface area (TPSA) is 102 Å². The first kappa shape index (κ1) is 31.0. The molecule has 0 aliphatic rings. The molecule has 0 saturated carbocycles. The van der Waals surface area contributed by atoms with Crippen molar-refractivity contribution in [1.82, 2.24) is 9.99 Å². The van der Waals surface area contributed by atoms with E-state index in [0.29, 0.717) is 21.5 Å². The molecule has 0 bridgehead atoms. The summed E-state index contributed by atoms with van der Waals surface area (Å²) in [4.78, 5) is 13.1. The number of carbonyl (C=O) groups is 1. The average molecular weight is 630 g/mol. The first-order chi connectivity index (χ1) is 20.0. The maximum atomic E-state index is 13.8. The number of rotatable bonds is 10. The Morgan fingerprint density at radius 2 is 1.71 bits per heavy atom. The van der Waals surface area contributed by atoms with Crippen LogP contribution in [0.1, 0.15) is 22.5 Å². The molecule has 0 atom stereocenters. The Labute approximate surface area is 255 Å². The zero-order valence-corrected chi connectivity index (χ0v) is 26.0. The van der Waals surface area contributed by atoms with Crippen LogP contribution in [0.3, 0.4) is 0 Å². The Kier molecular flexibility index (Phi) is 9.50. The molecule has 1 N–H and O–H groups in total. The predicted octanol–water partition coefficient (Wildman–Crippen LogP) is 6.07. The minimum absolute atomic E-state index is 0.0152. The van der Waals surface area contributed by atoms with Gasteiger partial charge in [-0.3, -0.25) is 9.10 Å². The summed E-state index contributed by atoms with van der Waals surface area (Å²) >= 11 is 12.7. The lowest BCUT2D eigenvalue weighted by Crippen LogP contribution is -2.39. The molecule has 0 fully saturated rings. The number of aromatic nitrogens is 1. The summed E-state index contributed by atoms with van der Waals surface area (Å²) < 4.78 is 41.2. The third kappa shape index (κ3) is 6.41. The smallest absolute Gasteiger partial charge is 0.264 e. The second-order valence-corrected chi connectivity index (χ2v) is 12.0. The van der Waals surface area contributed by atoms with Crippen molar-refractivity contribution in [3.63, 3.8) is 0 Å². The molecule has 1 amide bonds. The largest absolute Gasteiger partial charge is 0.497 e. The number of hydrazone groups is 1. The van der Waals surface area contributed by atoms with Gasteiger partial charge in [-0.05, 0) is 63.2 Å². The van der Waals surface area contributed by atoms with E-state index in [4.69, 9.17) is 32.7 Å². The highest BCUT2D eigenvalue weighted by molar-refractivity contribution is 7.92. The van der Waals surface area contributed by atoms with Crippen LogP contribution in [0.2, 0.25) is 10.0 Å². The highest BCUT2D eigenvalue weighted by Gasteiger charge is 2.30. The third-order valence-electron chi connectivity index (χ3n) is 6.59. The van der Waals surface area contributed by atoms with Crippen molar-refractivity contribution in [2.45, 2.75) is 25.7 Å². The molecule has 0 aliphatic heterocycles. The number of anilines is 1. The minimum atomic E-state index is -4.19. The number of hydrogen-bond acceptors (Lipinski definition) is 6. The Morgan fingerprint density at radius 1 is 1.00 bits per heavy atom. The van der Waals surface area contributed by atoms with Crippen molar-refractivity contribution in [3.05, 3.63) is 99.3 Å². The average Bonchev–Trinajstić information content (AvgIpc) is 3.25. The van der Waals surface area contributed by atoms with Crippen LogP contribution in [0.15, 0.2) is 76.7 Å². The van der Waals surface area contributed by atoms with E-state index in [9.17, 15) is 13.2 Å². The molecule has 4 aromatic rings. The normalized spacial score (nSPS) is 11.5. The van der Waals surface area contributed by atoms with Crippen molar-refractivity contribution in [1.29, 1.82) is 0 Å². The van der Waals surface area contributed by atoms with E-state index in [1.807, 2.05) is 43.5 Å². The van der Waals surface area contributed by atoms with Crippen LogP contribution in [-0.4, -0.2) is 45.9 Å². The van der Waals surface area contributed by atoms with Gasteiger partial charge in [-0.15, -0.1) is 0 Å². The van der Waals surface area contributed by atoms with E-state index in [-0.39, 0.29) is 16.3 Å². The number of amides is 1. The molecule has 220 valence electrons. The van der Waals surface area contributed by atoms with Crippen LogP contribution in [0.5, 0.6) is 11.5 Å². The Bertz CT molecular complexity index is 1750. The number of benzene rings is 3. The number of sulfonamides is 1. The maximum Gasteiger partial charge on any atom is 0.264 e. The number of nitrogens with one attached hydrogen (secondary N) is 1. The summed E-state index contributed by atoms with van der Waals surface area (Å²) in [5, 5.41) is 4.96. The molecule has 9 nitrogen and oxygen atoms in total. The van der Waals surface area contributed by atoms with Crippen molar-refractivity contribution in [3.8, 4) is 17.2 Å². The van der Waals surface area contributed by atoms with Gasteiger partial charge < -0.3 is 14.0 Å². The summed E-state index contributed by atoms with van der Waals surface area (Å²) in [6.45, 7) is 5.08. The third-order valence-corrected chi connectivity index (χ3v) is 9.17. The lowest BCUT2D eigenvalue weighted by Gasteiger charge is -2.25. The maximum absolute atomic E-state index is 13.8. The SMILES string of the molecule is COc1ccc(OC)c(N(CC(=O)N/N=C\c2cc(C)n(-c3cccc(Cl)c3Cl)c2C)S(=O)(=O)c2ccc(C)cc2)c1. The Hall–Kier alpha value is -3.99. The first-order valence-corrected chi connectivity index (χ1v) is 14.9. The summed E-state index contributed by atoms with van der Waals surface area (Å²) in [6.07, 6.45) is 1.49. The van der Waals surface area contributed by atoms with Gasteiger partial charge in [0.25, 0.3) is 15.9 Å². The summed E-state index contributed by atoms with van der Waals surface area (Å²) in [6, 6.07) is 18.3. The number of nitrogens with zero attached hydrogens (tertiary/aromatic N) is 3. The molecule has 4 rings (SSSR count). The van der Waals surface area contributed by atoms with Crippen LogP contribution in [0.25, 0.3) is 5.69 Å². The van der Waals surface area contributed by atoms with Crippen LogP contribution in [-0.2, 0) is 14.8 Å². The van der Waals surface area contributed by atoms with Gasteiger partial charge in [0.15, 0.2) is 0 Å². The van der Waals surface area contributed by atoms with Crippen molar-refractivity contribution in [2.75, 3.05) is 25.1 Å². The van der Waals surface area contributed by atoms with Crippen LogP contribution >= 0.6 is 23.2 Å². The molecule has 0 radical (unpaired) electrons. The fourth-order valence-corrected chi connectivity index (χ4v) is 6.23. The van der Waals surface area contributed by atoms with Gasteiger partial charge in [0.05, 0.1) is 46.7 Å². The van der Waals surface area contributed by atoms with Gasteiger partial charge in [0, 0.05) is 23.0 Å². The number of methoxy groups -OCH3 is 2. The van der Waals surface area contributed by atoms with Gasteiger partial charge in [-0.1, -0.05) is 47.0 Å². The second-order valence-electron chi connectivity index (χ2n) is 9.39. The quantitative estimate of drug-likeness (QED) is 0.170. The fraction of sp³-hybridized carbons (Fsp3) is 0.200. The molecule has 0 aliphatic carbocycles. The standard InChI is InChI=1S/C30H30Cl2N4O5S/c1-19-9-12-24(13-10-19)42(38,39)35(27-16-23(40-4)11-14-28(27)41-5)18-29(37)34-33-17-22-15-20(2)36(21(22)3)26-8-6-7-25(31)30(26)32/h6-17H,18H2,1-5H3,(H,34,37)/b33-17-. The summed E-state index contributed by atoms with van der Waals surface area (Å²) in [5.74, 6) is -0.0306. The summed E-state index contributed by atoms with van der Waals surface area (Å²) in [7, 11) is -1.31. The molecule has 3 aromatic carbocycles. The first-order valence-electron chi connectivity index (χ1n) is 12.7. The van der Waals surface area contributed by atoms with Crippen molar-refractivity contribution in [2.24, 2.45) is 5.10 Å². The lowest BCUT2D eigenvalue weighted by molar-refractivity contribution is -0.119. The van der Waals surface area contributed by atoms with E-state index in [1.54, 1.807) is 30.3 Å². The van der Waals surface area contributed by atoms with E-state index in [1.165, 1.54) is 38.6 Å². The van der Waals surface area contributed by atoms with Gasteiger partial charge in [-0.25, -0.2) is 13.8 Å². The number of aryl methyl sites for hydroxylation is 2. The molecule has 42 heavy (non-hydrogen) atoms. The van der Waals surface area contributed by atoms with E-state index in [0.717, 1.165) is 26.8 Å². The molecule has 0 spiro atoms.